The number of ether oxygens (including phenoxy) is 2. The van der Waals surface area contributed by atoms with Crippen molar-refractivity contribution in [3.63, 3.8) is 0 Å². The van der Waals surface area contributed by atoms with E-state index in [0.717, 1.165) is 11.1 Å². The summed E-state index contributed by atoms with van der Waals surface area (Å²) in [5, 5.41) is 38.7. The summed E-state index contributed by atoms with van der Waals surface area (Å²) < 4.78 is 11.3. The first kappa shape index (κ1) is 22.1. The van der Waals surface area contributed by atoms with Crippen molar-refractivity contribution >= 4 is 5.71 Å². The van der Waals surface area contributed by atoms with Gasteiger partial charge in [0.15, 0.2) is 16.9 Å². The largest absolute Gasteiger partial charge is 0.493 e. The van der Waals surface area contributed by atoms with E-state index in [4.69, 9.17) is 14.9 Å². The SMILES string of the molecule is C=C(C)COc1ccc([C@H]2[C@H]3CN(C)CC=C3[C@@H](C#N)C(=N)C2(C#N)C#N)cc1OC. The first-order valence-electron chi connectivity index (χ1n) is 9.97. The average molecular weight is 415 g/mol. The molecule has 0 aromatic heterocycles. The molecule has 1 aliphatic carbocycles. The number of fused-ring (bicyclic) bond motifs is 1. The zero-order valence-corrected chi connectivity index (χ0v) is 18.0. The molecular formula is C24H25N5O2. The minimum atomic E-state index is -1.74. The van der Waals surface area contributed by atoms with Crippen LogP contribution >= 0.6 is 0 Å². The second kappa shape index (κ2) is 8.64. The van der Waals surface area contributed by atoms with Gasteiger partial charge >= 0.3 is 0 Å². The van der Waals surface area contributed by atoms with E-state index in [9.17, 15) is 15.8 Å². The van der Waals surface area contributed by atoms with Crippen molar-refractivity contribution in [2.45, 2.75) is 12.8 Å². The van der Waals surface area contributed by atoms with Gasteiger partial charge in [-0.15, -0.1) is 0 Å². The predicted octanol–water partition coefficient (Wildman–Crippen LogP) is 3.43. The van der Waals surface area contributed by atoms with Gasteiger partial charge in [0.05, 0.1) is 31.0 Å². The Morgan fingerprint density at radius 3 is 2.58 bits per heavy atom. The number of hydrogen-bond donors (Lipinski definition) is 1. The Labute approximate surface area is 182 Å². The lowest BCUT2D eigenvalue weighted by atomic mass is 9.54. The highest BCUT2D eigenvalue weighted by atomic mass is 16.5. The number of benzene rings is 1. The Bertz CT molecular complexity index is 1050. The van der Waals surface area contributed by atoms with E-state index in [-0.39, 0.29) is 11.6 Å². The standard InChI is InChI=1S/C24H25N5O2/c1-15(2)12-31-20-6-5-16(9-21(20)30-4)22-19-11-29(3)8-7-17(19)18(10-25)23(28)24(22,13-26)14-27/h5-7,9,18-19,22,28H,1,8,11-12H2,2-4H3/t18-,19+,22+/m1/s1. The highest BCUT2D eigenvalue weighted by molar-refractivity contribution is 6.00. The fourth-order valence-corrected chi connectivity index (χ4v) is 4.53. The Morgan fingerprint density at radius 2 is 2.00 bits per heavy atom. The molecule has 1 N–H and O–H groups in total. The van der Waals surface area contributed by atoms with E-state index in [2.05, 4.69) is 29.7 Å². The molecule has 1 aliphatic heterocycles. The molecule has 0 radical (unpaired) electrons. The molecule has 1 saturated carbocycles. The van der Waals surface area contributed by atoms with Crippen molar-refractivity contribution in [2.24, 2.45) is 17.3 Å². The molecule has 0 bridgehead atoms. The van der Waals surface area contributed by atoms with Crippen LogP contribution in [0.15, 0.2) is 42.0 Å². The zero-order chi connectivity index (χ0) is 22.8. The van der Waals surface area contributed by atoms with Gasteiger partial charge in [-0.1, -0.05) is 18.7 Å². The van der Waals surface area contributed by atoms with E-state index < -0.39 is 17.3 Å². The quantitative estimate of drug-likeness (QED) is 0.736. The van der Waals surface area contributed by atoms with Gasteiger partial charge in [0.1, 0.15) is 12.5 Å². The molecule has 7 nitrogen and oxygen atoms in total. The Kier molecular flexibility index (Phi) is 6.16. The third-order valence-electron chi connectivity index (χ3n) is 5.99. The van der Waals surface area contributed by atoms with Crippen LogP contribution in [0.4, 0.5) is 0 Å². The smallest absolute Gasteiger partial charge is 0.189 e. The van der Waals surface area contributed by atoms with Crippen molar-refractivity contribution in [3.05, 3.63) is 47.6 Å². The molecule has 0 amide bonds. The van der Waals surface area contributed by atoms with E-state index in [1.807, 2.05) is 26.1 Å². The van der Waals surface area contributed by atoms with Crippen LogP contribution in [0.2, 0.25) is 0 Å². The van der Waals surface area contributed by atoms with Crippen molar-refractivity contribution < 1.29 is 9.47 Å². The molecule has 158 valence electrons. The third-order valence-corrected chi connectivity index (χ3v) is 5.99. The van der Waals surface area contributed by atoms with Crippen molar-refractivity contribution in [1.29, 1.82) is 21.2 Å². The topological polar surface area (TPSA) is 117 Å². The van der Waals surface area contributed by atoms with Gasteiger partial charge in [-0.25, -0.2) is 0 Å². The van der Waals surface area contributed by atoms with Gasteiger partial charge < -0.3 is 19.8 Å². The molecule has 31 heavy (non-hydrogen) atoms. The van der Waals surface area contributed by atoms with Gasteiger partial charge in [0.2, 0.25) is 0 Å². The third kappa shape index (κ3) is 3.67. The van der Waals surface area contributed by atoms with Crippen LogP contribution in [-0.2, 0) is 0 Å². The molecule has 3 rings (SSSR count). The minimum absolute atomic E-state index is 0.154. The molecule has 0 spiro atoms. The maximum absolute atomic E-state index is 10.1. The molecule has 0 unspecified atom stereocenters. The maximum Gasteiger partial charge on any atom is 0.189 e. The van der Waals surface area contributed by atoms with Crippen molar-refractivity contribution in [2.75, 3.05) is 33.9 Å². The Balaban J connectivity index is 2.18. The monoisotopic (exact) mass is 415 g/mol. The lowest BCUT2D eigenvalue weighted by molar-refractivity contribution is 0.234. The molecule has 1 aromatic carbocycles. The lowest BCUT2D eigenvalue weighted by Gasteiger charge is -2.47. The second-order valence-corrected chi connectivity index (χ2v) is 8.17. The van der Waals surface area contributed by atoms with Crippen LogP contribution in [0.3, 0.4) is 0 Å². The molecule has 7 heteroatoms. The number of methoxy groups -OCH3 is 1. The zero-order valence-electron chi connectivity index (χ0n) is 18.0. The summed E-state index contributed by atoms with van der Waals surface area (Å²) in [5.41, 5.74) is 0.486. The Morgan fingerprint density at radius 1 is 1.29 bits per heavy atom. The minimum Gasteiger partial charge on any atom is -0.493 e. The van der Waals surface area contributed by atoms with Gasteiger partial charge in [-0.2, -0.15) is 15.8 Å². The van der Waals surface area contributed by atoms with Crippen LogP contribution in [0, 0.1) is 56.7 Å². The first-order valence-corrected chi connectivity index (χ1v) is 9.97. The lowest BCUT2D eigenvalue weighted by Crippen LogP contribution is -2.52. The highest BCUT2D eigenvalue weighted by Crippen LogP contribution is 2.54. The van der Waals surface area contributed by atoms with E-state index >= 15 is 0 Å². The number of rotatable bonds is 5. The van der Waals surface area contributed by atoms with Crippen LogP contribution in [0.25, 0.3) is 0 Å². The average Bonchev–Trinajstić information content (AvgIpc) is 2.77. The summed E-state index contributed by atoms with van der Waals surface area (Å²) in [7, 11) is 3.49. The molecule has 2 aliphatic rings. The normalized spacial score (nSPS) is 24.6. The molecule has 1 heterocycles. The fourth-order valence-electron chi connectivity index (χ4n) is 4.53. The molecule has 0 saturated heterocycles. The number of likely N-dealkylation sites (N-methyl/N-ethyl adjacent to an activating group) is 1. The van der Waals surface area contributed by atoms with Crippen molar-refractivity contribution in [3.8, 4) is 29.7 Å². The predicted molar refractivity (Wildman–Crippen MR) is 116 cm³/mol. The summed E-state index contributed by atoms with van der Waals surface area (Å²) in [6.07, 6.45) is 1.96. The van der Waals surface area contributed by atoms with Gasteiger partial charge in [0.25, 0.3) is 0 Å². The number of hydrogen-bond acceptors (Lipinski definition) is 7. The summed E-state index contributed by atoms with van der Waals surface area (Å²) in [6.45, 7) is 7.29. The van der Waals surface area contributed by atoms with Crippen LogP contribution in [0.1, 0.15) is 18.4 Å². The molecule has 1 aromatic rings. The maximum atomic E-state index is 10.1. The summed E-state index contributed by atoms with van der Waals surface area (Å²) in [4.78, 5) is 2.09. The van der Waals surface area contributed by atoms with Crippen molar-refractivity contribution in [1.82, 2.24) is 4.90 Å². The van der Waals surface area contributed by atoms with Gasteiger partial charge in [-0.05, 0) is 42.8 Å². The van der Waals surface area contributed by atoms with Crippen LogP contribution < -0.4 is 9.47 Å². The fraction of sp³-hybridized carbons (Fsp3) is 0.417. The second-order valence-electron chi connectivity index (χ2n) is 8.17. The number of nitrogens with one attached hydrogen (secondary N) is 1. The van der Waals surface area contributed by atoms with E-state index in [1.54, 1.807) is 12.1 Å². The number of nitrogens with zero attached hydrogens (tertiary/aromatic N) is 4. The summed E-state index contributed by atoms with van der Waals surface area (Å²) >= 11 is 0. The van der Waals surface area contributed by atoms with Crippen LogP contribution in [0.5, 0.6) is 11.5 Å². The van der Waals surface area contributed by atoms with E-state index in [0.29, 0.717) is 36.8 Å². The molecular weight excluding hydrogens is 390 g/mol. The Hall–Kier alpha value is -3.60. The first-order chi connectivity index (χ1) is 14.8. The summed E-state index contributed by atoms with van der Waals surface area (Å²) in [6, 6.07) is 11.7. The van der Waals surface area contributed by atoms with E-state index in [1.165, 1.54) is 7.11 Å². The van der Waals surface area contributed by atoms with Crippen LogP contribution in [-0.4, -0.2) is 44.5 Å². The summed E-state index contributed by atoms with van der Waals surface area (Å²) in [5.74, 6) is -0.714. The molecule has 3 atom stereocenters. The van der Waals surface area contributed by atoms with Gasteiger partial charge in [-0.3, -0.25) is 0 Å². The highest BCUT2D eigenvalue weighted by Gasteiger charge is 2.57. The van der Waals surface area contributed by atoms with Gasteiger partial charge in [0, 0.05) is 24.9 Å². The molecule has 1 fully saturated rings. The number of nitriles is 3.